The monoisotopic (exact) mass is 378 g/mol. The van der Waals surface area contributed by atoms with E-state index in [1.165, 1.54) is 12.4 Å². The first-order chi connectivity index (χ1) is 13.6. The number of hydrogen-bond donors (Lipinski definition) is 2. The molecule has 0 aliphatic carbocycles. The van der Waals surface area contributed by atoms with Crippen molar-refractivity contribution in [3.8, 4) is 11.5 Å². The summed E-state index contributed by atoms with van der Waals surface area (Å²) in [6.07, 6.45) is 3.78. The van der Waals surface area contributed by atoms with Crippen molar-refractivity contribution in [2.45, 2.75) is 13.3 Å². The van der Waals surface area contributed by atoms with E-state index in [9.17, 15) is 4.79 Å². The van der Waals surface area contributed by atoms with Crippen LogP contribution >= 0.6 is 0 Å². The van der Waals surface area contributed by atoms with E-state index < -0.39 is 0 Å². The molecule has 2 N–H and O–H groups in total. The molecule has 144 valence electrons. The number of nitrogens with zero attached hydrogens (tertiary/aromatic N) is 2. The van der Waals surface area contributed by atoms with Gasteiger partial charge < -0.3 is 20.1 Å². The second kappa shape index (κ2) is 8.85. The van der Waals surface area contributed by atoms with Gasteiger partial charge in [-0.25, -0.2) is 9.97 Å². The van der Waals surface area contributed by atoms with Crippen molar-refractivity contribution in [2.75, 3.05) is 24.9 Å². The highest BCUT2D eigenvalue weighted by atomic mass is 16.5. The third-order valence-corrected chi connectivity index (χ3v) is 4.19. The molecule has 0 radical (unpaired) electrons. The van der Waals surface area contributed by atoms with Gasteiger partial charge in [0.15, 0.2) is 11.5 Å². The third-order valence-electron chi connectivity index (χ3n) is 4.19. The Labute approximate surface area is 163 Å². The Bertz CT molecular complexity index is 958. The number of rotatable bonds is 7. The Morgan fingerprint density at radius 1 is 1.00 bits per heavy atom. The van der Waals surface area contributed by atoms with Crippen LogP contribution in [-0.4, -0.2) is 30.1 Å². The van der Waals surface area contributed by atoms with Crippen LogP contribution in [0.4, 0.5) is 17.2 Å². The van der Waals surface area contributed by atoms with Crippen LogP contribution in [0.1, 0.15) is 23.0 Å². The zero-order chi connectivity index (χ0) is 19.9. The molecule has 0 saturated carbocycles. The first-order valence-corrected chi connectivity index (χ1v) is 8.85. The van der Waals surface area contributed by atoms with Gasteiger partial charge in [-0.15, -0.1) is 0 Å². The maximum Gasteiger partial charge on any atom is 0.275 e. The molecule has 1 aromatic heterocycles. The topological polar surface area (TPSA) is 85.4 Å². The zero-order valence-corrected chi connectivity index (χ0v) is 16.0. The molecule has 0 unspecified atom stereocenters. The fraction of sp³-hybridized carbons (Fsp3) is 0.190. The molecule has 0 saturated heterocycles. The standard InChI is InChI=1S/C21H22N4O3/c1-4-14-7-5-6-8-16(14)25-21(26)17-12-23-20(13-22-17)24-15-9-10-18(27-2)19(11-15)28-3/h5-13H,4H2,1-3H3,(H,23,24)(H,25,26). The van der Waals surface area contributed by atoms with Gasteiger partial charge in [-0.05, 0) is 30.2 Å². The van der Waals surface area contributed by atoms with Crippen molar-refractivity contribution in [2.24, 2.45) is 0 Å². The van der Waals surface area contributed by atoms with E-state index in [4.69, 9.17) is 9.47 Å². The lowest BCUT2D eigenvalue weighted by Crippen LogP contribution is -2.15. The van der Waals surface area contributed by atoms with E-state index >= 15 is 0 Å². The van der Waals surface area contributed by atoms with Crippen molar-refractivity contribution in [3.63, 3.8) is 0 Å². The van der Waals surface area contributed by atoms with Crippen LogP contribution in [-0.2, 0) is 6.42 Å². The number of nitrogens with one attached hydrogen (secondary N) is 2. The number of carbonyl (C=O) groups excluding carboxylic acids is 1. The first-order valence-electron chi connectivity index (χ1n) is 8.85. The van der Waals surface area contributed by atoms with Crippen molar-refractivity contribution in [1.29, 1.82) is 0 Å². The van der Waals surface area contributed by atoms with Gasteiger partial charge in [0.25, 0.3) is 5.91 Å². The zero-order valence-electron chi connectivity index (χ0n) is 16.0. The Kier molecular flexibility index (Phi) is 6.06. The summed E-state index contributed by atoms with van der Waals surface area (Å²) < 4.78 is 10.5. The van der Waals surface area contributed by atoms with Crippen LogP contribution < -0.4 is 20.1 Å². The van der Waals surface area contributed by atoms with Crippen molar-refractivity contribution in [1.82, 2.24) is 9.97 Å². The highest BCUT2D eigenvalue weighted by Crippen LogP contribution is 2.30. The normalized spacial score (nSPS) is 10.2. The maximum atomic E-state index is 12.4. The molecule has 3 aromatic rings. The van der Waals surface area contributed by atoms with Crippen molar-refractivity contribution < 1.29 is 14.3 Å². The molecule has 7 heteroatoms. The lowest BCUT2D eigenvalue weighted by atomic mass is 10.1. The summed E-state index contributed by atoms with van der Waals surface area (Å²) in [7, 11) is 3.16. The van der Waals surface area contributed by atoms with E-state index in [0.717, 1.165) is 23.4 Å². The fourth-order valence-corrected chi connectivity index (χ4v) is 2.71. The minimum atomic E-state index is -0.300. The summed E-state index contributed by atoms with van der Waals surface area (Å²) in [5.41, 5.74) is 2.85. The van der Waals surface area contributed by atoms with E-state index in [0.29, 0.717) is 17.3 Å². The smallest absolute Gasteiger partial charge is 0.275 e. The van der Waals surface area contributed by atoms with Crippen LogP contribution in [0.25, 0.3) is 0 Å². The summed E-state index contributed by atoms with van der Waals surface area (Å²) >= 11 is 0. The second-order valence-electron chi connectivity index (χ2n) is 5.95. The van der Waals surface area contributed by atoms with Gasteiger partial charge in [0, 0.05) is 17.4 Å². The van der Waals surface area contributed by atoms with E-state index in [1.54, 1.807) is 26.4 Å². The average molecular weight is 378 g/mol. The van der Waals surface area contributed by atoms with Gasteiger partial charge >= 0.3 is 0 Å². The van der Waals surface area contributed by atoms with Crippen LogP contribution in [0.5, 0.6) is 11.5 Å². The molecular weight excluding hydrogens is 356 g/mol. The molecule has 1 amide bonds. The van der Waals surface area contributed by atoms with Gasteiger partial charge in [0.1, 0.15) is 11.5 Å². The van der Waals surface area contributed by atoms with Crippen LogP contribution in [0, 0.1) is 0 Å². The molecule has 0 aliphatic rings. The largest absolute Gasteiger partial charge is 0.493 e. The Hall–Kier alpha value is -3.61. The van der Waals surface area contributed by atoms with Crippen LogP contribution in [0.2, 0.25) is 0 Å². The molecule has 2 aromatic carbocycles. The molecule has 0 fully saturated rings. The predicted octanol–water partition coefficient (Wildman–Crippen LogP) is 4.05. The van der Waals surface area contributed by atoms with Crippen molar-refractivity contribution >= 4 is 23.1 Å². The highest BCUT2D eigenvalue weighted by Gasteiger charge is 2.11. The van der Waals surface area contributed by atoms with E-state index in [-0.39, 0.29) is 11.6 Å². The molecule has 28 heavy (non-hydrogen) atoms. The molecule has 7 nitrogen and oxygen atoms in total. The van der Waals surface area contributed by atoms with Gasteiger partial charge in [0.2, 0.25) is 0 Å². The number of ether oxygens (including phenoxy) is 2. The van der Waals surface area contributed by atoms with Crippen LogP contribution in [0.3, 0.4) is 0 Å². The highest BCUT2D eigenvalue weighted by molar-refractivity contribution is 6.03. The molecule has 0 atom stereocenters. The molecule has 3 rings (SSSR count). The summed E-state index contributed by atoms with van der Waals surface area (Å²) in [4.78, 5) is 20.9. The van der Waals surface area contributed by atoms with Gasteiger partial charge in [-0.3, -0.25) is 4.79 Å². The number of hydrogen-bond acceptors (Lipinski definition) is 6. The van der Waals surface area contributed by atoms with Gasteiger partial charge in [-0.2, -0.15) is 0 Å². The fourth-order valence-electron chi connectivity index (χ4n) is 2.71. The number of aromatic nitrogens is 2. The lowest BCUT2D eigenvalue weighted by Gasteiger charge is -2.11. The quantitative estimate of drug-likeness (QED) is 0.645. The number of carbonyl (C=O) groups is 1. The second-order valence-corrected chi connectivity index (χ2v) is 5.95. The van der Waals surface area contributed by atoms with Gasteiger partial charge in [0.05, 0.1) is 26.6 Å². The predicted molar refractivity (Wildman–Crippen MR) is 109 cm³/mol. The minimum absolute atomic E-state index is 0.240. The number of amides is 1. The summed E-state index contributed by atoms with van der Waals surface area (Å²) in [5, 5.41) is 6.01. The maximum absolute atomic E-state index is 12.4. The number of methoxy groups -OCH3 is 2. The Morgan fingerprint density at radius 3 is 2.46 bits per heavy atom. The number of aryl methyl sites for hydroxylation is 1. The summed E-state index contributed by atoms with van der Waals surface area (Å²) in [5.74, 6) is 1.45. The lowest BCUT2D eigenvalue weighted by molar-refractivity contribution is 0.102. The third kappa shape index (κ3) is 4.37. The average Bonchev–Trinajstić information content (AvgIpc) is 2.74. The molecule has 0 spiro atoms. The van der Waals surface area contributed by atoms with Crippen molar-refractivity contribution in [3.05, 3.63) is 66.1 Å². The molecular formula is C21H22N4O3. The van der Waals surface area contributed by atoms with Gasteiger partial charge in [-0.1, -0.05) is 25.1 Å². The SMILES string of the molecule is CCc1ccccc1NC(=O)c1cnc(Nc2ccc(OC)c(OC)c2)cn1. The number of benzene rings is 2. The first kappa shape index (κ1) is 19.2. The number of anilines is 3. The minimum Gasteiger partial charge on any atom is -0.493 e. The molecule has 1 heterocycles. The Morgan fingerprint density at radius 2 is 1.79 bits per heavy atom. The van der Waals surface area contributed by atoms with E-state index in [1.807, 2.05) is 37.3 Å². The molecule has 0 aliphatic heterocycles. The number of para-hydroxylation sites is 1. The van der Waals surface area contributed by atoms with Crippen LogP contribution in [0.15, 0.2) is 54.9 Å². The van der Waals surface area contributed by atoms with E-state index in [2.05, 4.69) is 20.6 Å². The molecule has 0 bridgehead atoms. The summed E-state index contributed by atoms with van der Waals surface area (Å²) in [6.45, 7) is 2.04. The Balaban J connectivity index is 1.70. The summed E-state index contributed by atoms with van der Waals surface area (Å²) in [6, 6.07) is 13.1.